The molecule has 0 radical (unpaired) electrons. The van der Waals surface area contributed by atoms with E-state index >= 15 is 0 Å². The molecular weight excluding hydrogens is 148 g/mol. The maximum Gasteiger partial charge on any atom is 0.331 e. The fraction of sp³-hybridized carbons (Fsp3) is 0.286. The summed E-state index contributed by atoms with van der Waals surface area (Å²) in [5.41, 5.74) is -0.00231. The zero-order chi connectivity index (χ0) is 8.48. The average Bonchev–Trinajstić information content (AvgIpc) is 1.85. The van der Waals surface area contributed by atoms with Crippen molar-refractivity contribution >= 4 is 5.97 Å². The van der Waals surface area contributed by atoms with Crippen molar-refractivity contribution in [3.05, 3.63) is 23.8 Å². The van der Waals surface area contributed by atoms with Gasteiger partial charge >= 0.3 is 5.97 Å². The SMILES string of the molecule is O=C(O)C1=CC(O)(O)C=CC1. The Bertz CT molecular complexity index is 237. The fourth-order valence-corrected chi connectivity index (χ4v) is 0.872. The van der Waals surface area contributed by atoms with Gasteiger partial charge in [0.05, 0.1) is 0 Å². The van der Waals surface area contributed by atoms with Crippen LogP contribution in [0.4, 0.5) is 0 Å². The van der Waals surface area contributed by atoms with Crippen LogP contribution in [0.5, 0.6) is 0 Å². The Hall–Kier alpha value is -1.13. The van der Waals surface area contributed by atoms with Crippen LogP contribution in [0.25, 0.3) is 0 Å². The van der Waals surface area contributed by atoms with Gasteiger partial charge in [-0.3, -0.25) is 0 Å². The molecule has 0 atom stereocenters. The molecule has 0 heterocycles. The number of hydrogen-bond acceptors (Lipinski definition) is 3. The molecule has 0 amide bonds. The first kappa shape index (κ1) is 7.97. The Morgan fingerprint density at radius 1 is 1.55 bits per heavy atom. The predicted octanol–water partition coefficient (Wildman–Crippen LogP) is -0.362. The molecule has 1 aliphatic carbocycles. The van der Waals surface area contributed by atoms with Crippen LogP contribution < -0.4 is 0 Å². The van der Waals surface area contributed by atoms with E-state index < -0.39 is 11.8 Å². The zero-order valence-electron chi connectivity index (χ0n) is 5.69. The maximum absolute atomic E-state index is 10.3. The highest BCUT2D eigenvalue weighted by Gasteiger charge is 2.22. The minimum absolute atomic E-state index is 0.00231. The van der Waals surface area contributed by atoms with Crippen molar-refractivity contribution < 1.29 is 20.1 Å². The standard InChI is InChI=1S/C7H8O4/c8-6(9)5-2-1-3-7(10,11)4-5/h1,3-4,10-11H,2H2,(H,8,9). The van der Waals surface area contributed by atoms with Crippen LogP contribution in [0.1, 0.15) is 6.42 Å². The lowest BCUT2D eigenvalue weighted by Gasteiger charge is -2.17. The number of carbonyl (C=O) groups is 1. The zero-order valence-corrected chi connectivity index (χ0v) is 5.69. The van der Waals surface area contributed by atoms with Crippen molar-refractivity contribution in [2.24, 2.45) is 0 Å². The minimum Gasteiger partial charge on any atom is -0.478 e. The Morgan fingerprint density at radius 3 is 2.55 bits per heavy atom. The minimum atomic E-state index is -2.09. The molecular formula is C7H8O4. The predicted molar refractivity (Wildman–Crippen MR) is 36.6 cm³/mol. The molecule has 0 saturated carbocycles. The second-order valence-electron chi connectivity index (χ2n) is 2.36. The molecule has 0 spiro atoms. The number of carboxylic acid groups (broad SMARTS) is 1. The molecule has 1 aliphatic rings. The fourth-order valence-electron chi connectivity index (χ4n) is 0.872. The number of hydrogen-bond donors (Lipinski definition) is 3. The Labute approximate surface area is 63.1 Å². The molecule has 0 saturated heterocycles. The molecule has 4 nitrogen and oxygen atoms in total. The summed E-state index contributed by atoms with van der Waals surface area (Å²) in [6.45, 7) is 0. The van der Waals surface area contributed by atoms with Gasteiger partial charge in [0.1, 0.15) is 0 Å². The van der Waals surface area contributed by atoms with Crippen molar-refractivity contribution in [2.45, 2.75) is 12.2 Å². The molecule has 4 heteroatoms. The van der Waals surface area contributed by atoms with Crippen LogP contribution in [-0.2, 0) is 4.79 Å². The third-order valence-electron chi connectivity index (χ3n) is 1.36. The number of aliphatic carboxylic acids is 1. The van der Waals surface area contributed by atoms with Gasteiger partial charge in [0.2, 0.25) is 5.79 Å². The maximum atomic E-state index is 10.3. The molecule has 0 unspecified atom stereocenters. The van der Waals surface area contributed by atoms with E-state index in [-0.39, 0.29) is 12.0 Å². The molecule has 11 heavy (non-hydrogen) atoms. The quantitative estimate of drug-likeness (QED) is 0.358. The van der Waals surface area contributed by atoms with Gasteiger partial charge in [-0.2, -0.15) is 0 Å². The first-order chi connectivity index (χ1) is 5.01. The summed E-state index contributed by atoms with van der Waals surface area (Å²) in [5.74, 6) is -3.21. The molecule has 0 aromatic rings. The van der Waals surface area contributed by atoms with Crippen molar-refractivity contribution in [2.75, 3.05) is 0 Å². The normalized spacial score (nSPS) is 21.1. The van der Waals surface area contributed by atoms with E-state index in [1.165, 1.54) is 6.08 Å². The molecule has 3 N–H and O–H groups in total. The second kappa shape index (κ2) is 2.48. The molecule has 60 valence electrons. The van der Waals surface area contributed by atoms with Gasteiger partial charge in [-0.25, -0.2) is 4.79 Å². The third-order valence-corrected chi connectivity index (χ3v) is 1.36. The highest BCUT2D eigenvalue weighted by Crippen LogP contribution is 2.17. The van der Waals surface area contributed by atoms with E-state index in [1.54, 1.807) is 0 Å². The first-order valence-electron chi connectivity index (χ1n) is 3.09. The van der Waals surface area contributed by atoms with E-state index in [4.69, 9.17) is 15.3 Å². The summed E-state index contributed by atoms with van der Waals surface area (Å²) < 4.78 is 0. The van der Waals surface area contributed by atoms with Gasteiger partial charge < -0.3 is 15.3 Å². The van der Waals surface area contributed by atoms with Gasteiger partial charge in [-0.15, -0.1) is 0 Å². The lowest BCUT2D eigenvalue weighted by atomic mass is 10.0. The molecule has 0 bridgehead atoms. The van der Waals surface area contributed by atoms with Crippen molar-refractivity contribution in [3.8, 4) is 0 Å². The third kappa shape index (κ3) is 1.89. The smallest absolute Gasteiger partial charge is 0.331 e. The van der Waals surface area contributed by atoms with Crippen LogP contribution in [0, 0.1) is 0 Å². The lowest BCUT2D eigenvalue weighted by molar-refractivity contribution is -0.133. The van der Waals surface area contributed by atoms with E-state index in [0.29, 0.717) is 0 Å². The highest BCUT2D eigenvalue weighted by atomic mass is 16.5. The van der Waals surface area contributed by atoms with E-state index in [2.05, 4.69) is 0 Å². The Balaban J connectivity index is 2.86. The molecule has 0 aliphatic heterocycles. The van der Waals surface area contributed by atoms with Crippen LogP contribution in [0.15, 0.2) is 23.8 Å². The monoisotopic (exact) mass is 156 g/mol. The van der Waals surface area contributed by atoms with Crippen molar-refractivity contribution in [1.82, 2.24) is 0 Å². The number of allylic oxidation sites excluding steroid dienone is 1. The molecule has 0 aromatic heterocycles. The van der Waals surface area contributed by atoms with Crippen molar-refractivity contribution in [3.63, 3.8) is 0 Å². The van der Waals surface area contributed by atoms with Gasteiger partial charge in [-0.1, -0.05) is 6.08 Å². The first-order valence-corrected chi connectivity index (χ1v) is 3.09. The summed E-state index contributed by atoms with van der Waals surface area (Å²) >= 11 is 0. The van der Waals surface area contributed by atoms with Crippen LogP contribution in [0.2, 0.25) is 0 Å². The summed E-state index contributed by atoms with van der Waals surface area (Å²) in [5, 5.41) is 26.3. The summed E-state index contributed by atoms with van der Waals surface area (Å²) in [6.07, 6.45) is 3.69. The number of carboxylic acids is 1. The summed E-state index contributed by atoms with van der Waals surface area (Å²) in [6, 6.07) is 0. The Kier molecular flexibility index (Phi) is 1.80. The van der Waals surface area contributed by atoms with E-state index in [1.807, 2.05) is 0 Å². The highest BCUT2D eigenvalue weighted by molar-refractivity contribution is 5.87. The summed E-state index contributed by atoms with van der Waals surface area (Å²) in [7, 11) is 0. The van der Waals surface area contributed by atoms with Gasteiger partial charge in [0, 0.05) is 5.57 Å². The lowest BCUT2D eigenvalue weighted by Crippen LogP contribution is -2.25. The van der Waals surface area contributed by atoms with Gasteiger partial charge in [0.15, 0.2) is 0 Å². The number of aliphatic hydroxyl groups is 2. The van der Waals surface area contributed by atoms with Crippen LogP contribution >= 0.6 is 0 Å². The van der Waals surface area contributed by atoms with Crippen LogP contribution in [-0.4, -0.2) is 27.1 Å². The van der Waals surface area contributed by atoms with Crippen molar-refractivity contribution in [1.29, 1.82) is 0 Å². The second-order valence-corrected chi connectivity index (χ2v) is 2.36. The largest absolute Gasteiger partial charge is 0.478 e. The van der Waals surface area contributed by atoms with E-state index in [0.717, 1.165) is 12.2 Å². The van der Waals surface area contributed by atoms with Gasteiger partial charge in [0.25, 0.3) is 0 Å². The number of rotatable bonds is 1. The molecule has 0 aromatic carbocycles. The van der Waals surface area contributed by atoms with Gasteiger partial charge in [-0.05, 0) is 18.6 Å². The topological polar surface area (TPSA) is 77.8 Å². The molecule has 0 fully saturated rings. The summed E-state index contributed by atoms with van der Waals surface area (Å²) in [4.78, 5) is 10.3. The molecule has 1 rings (SSSR count). The van der Waals surface area contributed by atoms with E-state index in [9.17, 15) is 4.79 Å². The Morgan fingerprint density at radius 2 is 2.18 bits per heavy atom. The van der Waals surface area contributed by atoms with Crippen LogP contribution in [0.3, 0.4) is 0 Å². The average molecular weight is 156 g/mol.